The van der Waals surface area contributed by atoms with Gasteiger partial charge >= 0.3 is 0 Å². The minimum absolute atomic E-state index is 0.458. The Hall–Kier alpha value is 0.250. The average Bonchev–Trinajstić information content (AvgIpc) is 1.94. The molecule has 0 heterocycles. The molecule has 0 fully saturated rings. The Morgan fingerprint density at radius 1 is 1.08 bits per heavy atom. The number of halogens is 1. The molecule has 2 heteroatoms. The smallest absolute Gasteiger partial charge is 0.0223 e. The Morgan fingerprint density at radius 2 is 1.75 bits per heavy atom. The van der Waals surface area contributed by atoms with E-state index in [4.69, 9.17) is 11.6 Å². The van der Waals surface area contributed by atoms with Gasteiger partial charge in [0.05, 0.1) is 0 Å². The monoisotopic (exact) mass is 191 g/mol. The normalized spacial score (nSPS) is 12.0. The van der Waals surface area contributed by atoms with Gasteiger partial charge in [0.1, 0.15) is 0 Å². The summed E-state index contributed by atoms with van der Waals surface area (Å²) in [6.07, 6.45) is 3.57. The van der Waals surface area contributed by atoms with E-state index in [0.717, 1.165) is 25.4 Å². The Kier molecular flexibility index (Phi) is 6.87. The van der Waals surface area contributed by atoms with Crippen LogP contribution < -0.4 is 5.32 Å². The maximum absolute atomic E-state index is 5.56. The van der Waals surface area contributed by atoms with Crippen LogP contribution in [-0.2, 0) is 0 Å². The van der Waals surface area contributed by atoms with Crippen molar-refractivity contribution < 1.29 is 0 Å². The number of nitrogens with one attached hydrogen (secondary N) is 1. The molecule has 0 unspecified atom stereocenters. The molecule has 0 spiro atoms. The molecule has 12 heavy (non-hydrogen) atoms. The summed E-state index contributed by atoms with van der Waals surface area (Å²) in [6.45, 7) is 9.06. The Balaban J connectivity index is 3.01. The maximum Gasteiger partial charge on any atom is 0.0223 e. The average molecular weight is 192 g/mol. The van der Waals surface area contributed by atoms with E-state index in [1.807, 2.05) is 0 Å². The van der Waals surface area contributed by atoms with E-state index < -0.39 is 0 Å². The zero-order valence-corrected chi connectivity index (χ0v) is 9.38. The van der Waals surface area contributed by atoms with E-state index in [-0.39, 0.29) is 0 Å². The van der Waals surface area contributed by atoms with Gasteiger partial charge in [0.25, 0.3) is 0 Å². The lowest BCUT2D eigenvalue weighted by atomic mass is 9.92. The molecule has 0 amide bonds. The lowest BCUT2D eigenvalue weighted by molar-refractivity contribution is 0.366. The van der Waals surface area contributed by atoms with Crippen molar-refractivity contribution in [1.29, 1.82) is 0 Å². The van der Waals surface area contributed by atoms with Crippen molar-refractivity contribution in [1.82, 2.24) is 5.32 Å². The van der Waals surface area contributed by atoms with Crippen LogP contribution in [0.3, 0.4) is 0 Å². The van der Waals surface area contributed by atoms with Gasteiger partial charge < -0.3 is 5.32 Å². The van der Waals surface area contributed by atoms with E-state index >= 15 is 0 Å². The van der Waals surface area contributed by atoms with Gasteiger partial charge in [-0.1, -0.05) is 20.8 Å². The Labute approximate surface area is 81.9 Å². The number of hydrogen-bond acceptors (Lipinski definition) is 1. The Bertz CT molecular complexity index is 96.5. The van der Waals surface area contributed by atoms with Crippen molar-refractivity contribution in [3.63, 3.8) is 0 Å². The standard InChI is InChI=1S/C10H22ClN/c1-10(2,3)6-9-12-8-5-4-7-11/h12H,4-9H2,1-3H3. The maximum atomic E-state index is 5.56. The lowest BCUT2D eigenvalue weighted by Crippen LogP contribution is -2.21. The molecule has 0 radical (unpaired) electrons. The van der Waals surface area contributed by atoms with Crippen molar-refractivity contribution in [2.24, 2.45) is 5.41 Å². The van der Waals surface area contributed by atoms with Gasteiger partial charge in [-0.2, -0.15) is 0 Å². The van der Waals surface area contributed by atoms with Crippen molar-refractivity contribution >= 4 is 11.6 Å². The van der Waals surface area contributed by atoms with Crippen LogP contribution in [-0.4, -0.2) is 19.0 Å². The first kappa shape index (κ1) is 12.2. The third-order valence-corrected chi connectivity index (χ3v) is 2.06. The second-order valence-corrected chi connectivity index (χ2v) is 4.83. The number of alkyl halides is 1. The largest absolute Gasteiger partial charge is 0.317 e. The summed E-state index contributed by atoms with van der Waals surface area (Å²) >= 11 is 5.56. The molecule has 1 N–H and O–H groups in total. The molecule has 0 aliphatic carbocycles. The van der Waals surface area contributed by atoms with Gasteiger partial charge in [0, 0.05) is 5.88 Å². The van der Waals surface area contributed by atoms with Crippen LogP contribution in [0.5, 0.6) is 0 Å². The molecule has 0 aromatic carbocycles. The van der Waals surface area contributed by atoms with E-state index in [1.165, 1.54) is 12.8 Å². The van der Waals surface area contributed by atoms with E-state index in [0.29, 0.717) is 5.41 Å². The van der Waals surface area contributed by atoms with Gasteiger partial charge in [-0.15, -0.1) is 11.6 Å². The summed E-state index contributed by atoms with van der Waals surface area (Å²) in [7, 11) is 0. The molecule has 0 saturated heterocycles. The lowest BCUT2D eigenvalue weighted by Gasteiger charge is -2.17. The number of rotatable bonds is 6. The zero-order chi connectivity index (χ0) is 9.45. The first-order chi connectivity index (χ1) is 5.56. The molecule has 0 aliphatic heterocycles. The second kappa shape index (κ2) is 6.73. The molecule has 0 bridgehead atoms. The molecule has 0 saturated carbocycles. The van der Waals surface area contributed by atoms with Crippen LogP contribution in [0.25, 0.3) is 0 Å². The molecule has 0 rings (SSSR count). The SMILES string of the molecule is CC(C)(C)CCNCCCCCl. The van der Waals surface area contributed by atoms with Gasteiger partial charge in [-0.25, -0.2) is 0 Å². The highest BCUT2D eigenvalue weighted by Gasteiger charge is 2.08. The number of hydrogen-bond donors (Lipinski definition) is 1. The van der Waals surface area contributed by atoms with Crippen LogP contribution in [0.15, 0.2) is 0 Å². The summed E-state index contributed by atoms with van der Waals surface area (Å²) in [4.78, 5) is 0. The fourth-order valence-electron chi connectivity index (χ4n) is 0.933. The highest BCUT2D eigenvalue weighted by molar-refractivity contribution is 6.17. The fourth-order valence-corrected chi connectivity index (χ4v) is 1.12. The molecule has 0 aromatic heterocycles. The minimum atomic E-state index is 0.458. The van der Waals surface area contributed by atoms with Crippen molar-refractivity contribution in [3.8, 4) is 0 Å². The topological polar surface area (TPSA) is 12.0 Å². The number of unbranched alkanes of at least 4 members (excludes halogenated alkanes) is 1. The molecule has 0 atom stereocenters. The van der Waals surface area contributed by atoms with Gasteiger partial charge in [-0.05, 0) is 37.8 Å². The second-order valence-electron chi connectivity index (χ2n) is 4.46. The molecular weight excluding hydrogens is 170 g/mol. The van der Waals surface area contributed by atoms with Crippen molar-refractivity contribution in [2.75, 3.05) is 19.0 Å². The third-order valence-electron chi connectivity index (χ3n) is 1.79. The minimum Gasteiger partial charge on any atom is -0.317 e. The molecule has 1 nitrogen and oxygen atoms in total. The first-order valence-electron chi connectivity index (χ1n) is 4.83. The molecule has 0 aromatic rings. The van der Waals surface area contributed by atoms with Crippen molar-refractivity contribution in [3.05, 3.63) is 0 Å². The van der Waals surface area contributed by atoms with E-state index in [1.54, 1.807) is 0 Å². The molecule has 74 valence electrons. The highest BCUT2D eigenvalue weighted by atomic mass is 35.5. The zero-order valence-electron chi connectivity index (χ0n) is 8.62. The predicted octanol–water partition coefficient (Wildman–Crippen LogP) is 3.03. The summed E-state index contributed by atoms with van der Waals surface area (Å²) in [5.74, 6) is 0.793. The summed E-state index contributed by atoms with van der Waals surface area (Å²) < 4.78 is 0. The van der Waals surface area contributed by atoms with Gasteiger partial charge in [0.2, 0.25) is 0 Å². The van der Waals surface area contributed by atoms with Crippen LogP contribution in [0.2, 0.25) is 0 Å². The quantitative estimate of drug-likeness (QED) is 0.503. The predicted molar refractivity (Wildman–Crippen MR) is 56.9 cm³/mol. The van der Waals surface area contributed by atoms with Crippen LogP contribution in [0, 0.1) is 5.41 Å². The van der Waals surface area contributed by atoms with E-state index in [2.05, 4.69) is 26.1 Å². The molecule has 0 aliphatic rings. The first-order valence-corrected chi connectivity index (χ1v) is 5.36. The summed E-state index contributed by atoms with van der Waals surface area (Å²) in [6, 6.07) is 0. The fraction of sp³-hybridized carbons (Fsp3) is 1.00. The van der Waals surface area contributed by atoms with Gasteiger partial charge in [-0.3, -0.25) is 0 Å². The summed E-state index contributed by atoms with van der Waals surface area (Å²) in [5, 5.41) is 3.42. The molecular formula is C10H22ClN. The van der Waals surface area contributed by atoms with Crippen LogP contribution in [0.1, 0.15) is 40.0 Å². The Morgan fingerprint density at radius 3 is 2.25 bits per heavy atom. The van der Waals surface area contributed by atoms with E-state index in [9.17, 15) is 0 Å². The van der Waals surface area contributed by atoms with Crippen LogP contribution >= 0.6 is 11.6 Å². The highest BCUT2D eigenvalue weighted by Crippen LogP contribution is 2.16. The third kappa shape index (κ3) is 10.2. The summed E-state index contributed by atoms with van der Waals surface area (Å²) in [5.41, 5.74) is 0.458. The van der Waals surface area contributed by atoms with Crippen LogP contribution in [0.4, 0.5) is 0 Å². The van der Waals surface area contributed by atoms with Gasteiger partial charge in [0.15, 0.2) is 0 Å². The van der Waals surface area contributed by atoms with Crippen molar-refractivity contribution in [2.45, 2.75) is 40.0 Å².